The minimum absolute atomic E-state index is 0.252. The number of nitrogens with zero attached hydrogens (tertiary/aromatic N) is 3. The summed E-state index contributed by atoms with van der Waals surface area (Å²) in [4.78, 5) is 11.7. The molecule has 102 valence electrons. The normalized spacial score (nSPS) is 10.4. The lowest BCUT2D eigenvalue weighted by Gasteiger charge is -2.03. The molecule has 0 bridgehead atoms. The third-order valence-electron chi connectivity index (χ3n) is 2.46. The Morgan fingerprint density at radius 1 is 1.25 bits per heavy atom. The van der Waals surface area contributed by atoms with Crippen LogP contribution in [-0.2, 0) is 6.54 Å². The molecule has 0 atom stereocenters. The first-order valence-electron chi connectivity index (χ1n) is 5.85. The van der Waals surface area contributed by atoms with Crippen molar-refractivity contribution >= 4 is 33.7 Å². The summed E-state index contributed by atoms with van der Waals surface area (Å²) in [6.45, 7) is 0.336. The highest BCUT2D eigenvalue weighted by Crippen LogP contribution is 2.15. The largest absolute Gasteiger partial charge is 0.332 e. The highest BCUT2D eigenvalue weighted by atomic mass is 32.1. The van der Waals surface area contributed by atoms with Crippen LogP contribution >= 0.6 is 22.7 Å². The average Bonchev–Trinajstić information content (AvgIpc) is 3.18. The molecule has 0 aliphatic heterocycles. The molecule has 0 unspecified atom stereocenters. The van der Waals surface area contributed by atoms with Gasteiger partial charge >= 0.3 is 6.03 Å². The molecule has 3 rings (SSSR count). The van der Waals surface area contributed by atoms with Gasteiger partial charge in [0.05, 0.1) is 17.7 Å². The summed E-state index contributed by atoms with van der Waals surface area (Å²) < 4.78 is 1.69. The van der Waals surface area contributed by atoms with Crippen LogP contribution in [0.1, 0.15) is 5.69 Å². The fraction of sp³-hybridized carbons (Fsp3) is 0.0833. The van der Waals surface area contributed by atoms with E-state index in [0.29, 0.717) is 12.2 Å². The van der Waals surface area contributed by atoms with Gasteiger partial charge in [-0.1, -0.05) is 5.21 Å². The molecule has 0 aliphatic rings. The Morgan fingerprint density at radius 3 is 2.85 bits per heavy atom. The molecule has 3 aromatic heterocycles. The van der Waals surface area contributed by atoms with Crippen LogP contribution in [0, 0.1) is 0 Å². The van der Waals surface area contributed by atoms with E-state index in [1.165, 1.54) is 11.3 Å². The first-order valence-corrected chi connectivity index (χ1v) is 7.60. The van der Waals surface area contributed by atoms with Crippen molar-refractivity contribution in [3.8, 4) is 5.00 Å². The molecule has 2 N–H and O–H groups in total. The number of carbonyl (C=O) groups excluding carboxylic acids is 1. The first-order chi connectivity index (χ1) is 9.81. The Bertz CT molecular complexity index is 675. The number of urea groups is 1. The van der Waals surface area contributed by atoms with Gasteiger partial charge in [0, 0.05) is 0 Å². The van der Waals surface area contributed by atoms with Gasteiger partial charge in [-0.15, -0.1) is 27.8 Å². The zero-order valence-electron chi connectivity index (χ0n) is 10.3. The lowest BCUT2D eigenvalue weighted by Crippen LogP contribution is -2.27. The van der Waals surface area contributed by atoms with Crippen molar-refractivity contribution in [3.05, 3.63) is 46.9 Å². The number of aromatic nitrogens is 3. The van der Waals surface area contributed by atoms with Gasteiger partial charge in [0.2, 0.25) is 0 Å². The molecule has 8 heteroatoms. The molecular formula is C12H11N5OS2. The molecular weight excluding hydrogens is 294 g/mol. The topological polar surface area (TPSA) is 71.8 Å². The van der Waals surface area contributed by atoms with Crippen molar-refractivity contribution in [1.82, 2.24) is 20.3 Å². The molecule has 3 heterocycles. The van der Waals surface area contributed by atoms with Crippen LogP contribution in [0.5, 0.6) is 0 Å². The number of hydrogen-bond acceptors (Lipinski definition) is 5. The minimum atomic E-state index is -0.252. The standard InChI is InChI=1S/C12H11N5OS2/c18-12(14-10-3-1-5-19-10)13-7-9-8-17(16-15-9)11-4-2-6-20-11/h1-6,8H,7H2,(H2,13,14,18). The van der Waals surface area contributed by atoms with Gasteiger partial charge in [-0.05, 0) is 35.0 Å². The molecule has 0 aromatic carbocycles. The monoisotopic (exact) mass is 305 g/mol. The SMILES string of the molecule is O=C(NCc1cn(-c2cccs2)nn1)Nc1cccs1. The second-order valence-corrected chi connectivity index (χ2v) is 5.76. The van der Waals surface area contributed by atoms with Crippen LogP contribution in [0.4, 0.5) is 9.80 Å². The summed E-state index contributed by atoms with van der Waals surface area (Å²) in [6, 6.07) is 7.39. The van der Waals surface area contributed by atoms with Gasteiger partial charge in [-0.2, -0.15) is 0 Å². The zero-order valence-corrected chi connectivity index (χ0v) is 11.9. The molecule has 6 nitrogen and oxygen atoms in total. The highest BCUT2D eigenvalue weighted by Gasteiger charge is 2.06. The fourth-order valence-electron chi connectivity index (χ4n) is 1.56. The maximum Gasteiger partial charge on any atom is 0.320 e. The fourth-order valence-corrected chi connectivity index (χ4v) is 2.83. The van der Waals surface area contributed by atoms with Crippen molar-refractivity contribution < 1.29 is 4.79 Å². The molecule has 0 radical (unpaired) electrons. The van der Waals surface area contributed by atoms with Gasteiger partial charge in [0.15, 0.2) is 0 Å². The summed E-state index contributed by atoms with van der Waals surface area (Å²) in [5, 5.41) is 19.2. The summed E-state index contributed by atoms with van der Waals surface area (Å²) in [6.07, 6.45) is 1.80. The van der Waals surface area contributed by atoms with E-state index in [1.807, 2.05) is 35.0 Å². The van der Waals surface area contributed by atoms with E-state index in [0.717, 1.165) is 10.0 Å². The summed E-state index contributed by atoms with van der Waals surface area (Å²) in [7, 11) is 0. The van der Waals surface area contributed by atoms with E-state index in [2.05, 4.69) is 20.9 Å². The van der Waals surface area contributed by atoms with E-state index < -0.39 is 0 Å². The Kier molecular flexibility index (Phi) is 3.75. The lowest BCUT2D eigenvalue weighted by molar-refractivity contribution is 0.251. The van der Waals surface area contributed by atoms with Gasteiger partial charge in [-0.3, -0.25) is 5.32 Å². The van der Waals surface area contributed by atoms with E-state index in [4.69, 9.17) is 0 Å². The van der Waals surface area contributed by atoms with Crippen LogP contribution in [0.2, 0.25) is 0 Å². The number of nitrogens with one attached hydrogen (secondary N) is 2. The predicted molar refractivity (Wildman–Crippen MR) is 79.4 cm³/mol. The smallest absolute Gasteiger partial charge is 0.320 e. The predicted octanol–water partition coefficient (Wildman–Crippen LogP) is 2.71. The maximum atomic E-state index is 11.7. The number of hydrogen-bond donors (Lipinski definition) is 2. The van der Waals surface area contributed by atoms with Crippen molar-refractivity contribution in [2.75, 3.05) is 5.32 Å². The Labute approximate surface area is 123 Å². The molecule has 0 saturated heterocycles. The quantitative estimate of drug-likeness (QED) is 0.778. The van der Waals surface area contributed by atoms with Crippen LogP contribution < -0.4 is 10.6 Å². The minimum Gasteiger partial charge on any atom is -0.332 e. The van der Waals surface area contributed by atoms with Crippen LogP contribution in [0.25, 0.3) is 5.00 Å². The third kappa shape index (κ3) is 3.03. The number of rotatable bonds is 4. The molecule has 0 spiro atoms. The Hall–Kier alpha value is -2.19. The van der Waals surface area contributed by atoms with Crippen molar-refractivity contribution in [2.24, 2.45) is 0 Å². The molecule has 0 fully saturated rings. The second-order valence-electron chi connectivity index (χ2n) is 3.89. The van der Waals surface area contributed by atoms with E-state index in [9.17, 15) is 4.79 Å². The second kappa shape index (κ2) is 5.85. The number of anilines is 1. The van der Waals surface area contributed by atoms with Crippen LogP contribution in [0.15, 0.2) is 41.2 Å². The molecule has 20 heavy (non-hydrogen) atoms. The lowest BCUT2D eigenvalue weighted by atomic mass is 10.5. The summed E-state index contributed by atoms with van der Waals surface area (Å²) >= 11 is 3.05. The van der Waals surface area contributed by atoms with Gasteiger partial charge < -0.3 is 5.32 Å². The van der Waals surface area contributed by atoms with E-state index in [1.54, 1.807) is 22.2 Å². The van der Waals surface area contributed by atoms with E-state index in [-0.39, 0.29) is 6.03 Å². The van der Waals surface area contributed by atoms with Gasteiger partial charge in [-0.25, -0.2) is 9.48 Å². The number of amides is 2. The van der Waals surface area contributed by atoms with Crippen LogP contribution in [-0.4, -0.2) is 21.0 Å². The summed E-state index contributed by atoms with van der Waals surface area (Å²) in [5.74, 6) is 0. The van der Waals surface area contributed by atoms with Crippen molar-refractivity contribution in [1.29, 1.82) is 0 Å². The van der Waals surface area contributed by atoms with Gasteiger partial charge in [0.25, 0.3) is 0 Å². The average molecular weight is 305 g/mol. The zero-order chi connectivity index (χ0) is 13.8. The first kappa shape index (κ1) is 12.8. The molecule has 2 amide bonds. The molecule has 0 saturated carbocycles. The van der Waals surface area contributed by atoms with Crippen molar-refractivity contribution in [2.45, 2.75) is 6.54 Å². The van der Waals surface area contributed by atoms with Gasteiger partial charge in [0.1, 0.15) is 10.7 Å². The Morgan fingerprint density at radius 2 is 2.10 bits per heavy atom. The Balaban J connectivity index is 1.55. The highest BCUT2D eigenvalue weighted by molar-refractivity contribution is 7.14. The van der Waals surface area contributed by atoms with Crippen LogP contribution in [0.3, 0.4) is 0 Å². The summed E-state index contributed by atoms with van der Waals surface area (Å²) in [5.41, 5.74) is 0.708. The molecule has 3 aromatic rings. The van der Waals surface area contributed by atoms with E-state index >= 15 is 0 Å². The molecule has 0 aliphatic carbocycles. The maximum absolute atomic E-state index is 11.7. The van der Waals surface area contributed by atoms with Crippen molar-refractivity contribution in [3.63, 3.8) is 0 Å². The number of thiophene rings is 2. The number of carbonyl (C=O) groups is 1. The third-order valence-corrected chi connectivity index (χ3v) is 4.10.